The molecule has 24 heavy (non-hydrogen) atoms. The summed E-state index contributed by atoms with van der Waals surface area (Å²) in [5.41, 5.74) is 1.17. The van der Waals surface area contributed by atoms with Crippen LogP contribution in [0.3, 0.4) is 0 Å². The van der Waals surface area contributed by atoms with Gasteiger partial charge in [0.15, 0.2) is 0 Å². The van der Waals surface area contributed by atoms with Crippen LogP contribution < -0.4 is 10.5 Å². The van der Waals surface area contributed by atoms with Crippen molar-refractivity contribution in [3.63, 3.8) is 0 Å². The molecular weight excluding hydrogens is 304 g/mol. The zero-order valence-electron chi connectivity index (χ0n) is 14.3. The molecule has 0 aromatic carbocycles. The molecule has 1 aliphatic rings. The minimum Gasteiger partial charge on any atom is -0.347 e. The van der Waals surface area contributed by atoms with Crippen molar-refractivity contribution in [2.24, 2.45) is 5.92 Å². The average molecular weight is 328 g/mol. The fraction of sp³-hybridized carbons (Fsp3) is 0.529. The lowest BCUT2D eigenvalue weighted by molar-refractivity contribution is 0.166. The molecule has 0 saturated carbocycles. The summed E-state index contributed by atoms with van der Waals surface area (Å²) in [6.45, 7) is 3.72. The van der Waals surface area contributed by atoms with Gasteiger partial charge in [-0.2, -0.15) is 0 Å². The topological polar surface area (TPSA) is 67.2 Å². The van der Waals surface area contributed by atoms with Gasteiger partial charge in [0.1, 0.15) is 0 Å². The number of rotatable bonds is 5. The molecule has 1 saturated heterocycles. The summed E-state index contributed by atoms with van der Waals surface area (Å²) in [6.07, 6.45) is 9.19. The van der Waals surface area contributed by atoms with Crippen LogP contribution in [-0.2, 0) is 13.1 Å². The summed E-state index contributed by atoms with van der Waals surface area (Å²) < 4.78 is 1.72. The SMILES string of the molecule is CN(C)c1ncc(CN2CCC(Cn3cnccc3=O)CC2)cn1. The molecule has 0 N–H and O–H groups in total. The largest absolute Gasteiger partial charge is 0.347 e. The summed E-state index contributed by atoms with van der Waals surface area (Å²) in [5, 5.41) is 0. The second kappa shape index (κ2) is 7.53. The Morgan fingerprint density at radius 1 is 1.21 bits per heavy atom. The van der Waals surface area contributed by atoms with Crippen LogP contribution in [-0.4, -0.2) is 51.6 Å². The van der Waals surface area contributed by atoms with Gasteiger partial charge in [0.2, 0.25) is 5.95 Å². The maximum Gasteiger partial charge on any atom is 0.253 e. The van der Waals surface area contributed by atoms with Gasteiger partial charge in [-0.25, -0.2) is 15.0 Å². The number of hydrogen-bond donors (Lipinski definition) is 0. The quantitative estimate of drug-likeness (QED) is 0.816. The lowest BCUT2D eigenvalue weighted by Crippen LogP contribution is -2.36. The highest BCUT2D eigenvalue weighted by atomic mass is 16.1. The van der Waals surface area contributed by atoms with Gasteiger partial charge < -0.3 is 4.90 Å². The Morgan fingerprint density at radius 3 is 2.54 bits per heavy atom. The summed E-state index contributed by atoms with van der Waals surface area (Å²) >= 11 is 0. The van der Waals surface area contributed by atoms with Crippen molar-refractivity contribution in [1.29, 1.82) is 0 Å². The minimum absolute atomic E-state index is 0.0329. The van der Waals surface area contributed by atoms with E-state index in [1.54, 1.807) is 17.1 Å². The molecule has 0 atom stereocenters. The van der Waals surface area contributed by atoms with Crippen molar-refractivity contribution in [2.45, 2.75) is 25.9 Å². The van der Waals surface area contributed by atoms with Crippen molar-refractivity contribution in [3.8, 4) is 0 Å². The molecule has 0 bridgehead atoms. The number of likely N-dealkylation sites (tertiary alicyclic amines) is 1. The van der Waals surface area contributed by atoms with Gasteiger partial charge in [-0.05, 0) is 31.8 Å². The Kier molecular flexibility index (Phi) is 5.20. The zero-order chi connectivity index (χ0) is 16.9. The van der Waals surface area contributed by atoms with E-state index in [0.717, 1.165) is 50.5 Å². The van der Waals surface area contributed by atoms with Gasteiger partial charge in [0.05, 0.1) is 6.33 Å². The monoisotopic (exact) mass is 328 g/mol. The summed E-state index contributed by atoms with van der Waals surface area (Å²) in [5.74, 6) is 1.27. The lowest BCUT2D eigenvalue weighted by Gasteiger charge is -2.32. The second-order valence-electron chi connectivity index (χ2n) is 6.58. The Bertz CT molecular complexity index is 704. The Labute approximate surface area is 142 Å². The molecule has 128 valence electrons. The van der Waals surface area contributed by atoms with Crippen molar-refractivity contribution in [2.75, 3.05) is 32.1 Å². The first-order chi connectivity index (χ1) is 11.6. The third-order valence-corrected chi connectivity index (χ3v) is 4.45. The fourth-order valence-corrected chi connectivity index (χ4v) is 3.04. The zero-order valence-corrected chi connectivity index (χ0v) is 14.3. The number of aromatic nitrogens is 4. The van der Waals surface area contributed by atoms with E-state index in [4.69, 9.17) is 0 Å². The Morgan fingerprint density at radius 2 is 1.92 bits per heavy atom. The first kappa shape index (κ1) is 16.6. The third kappa shape index (κ3) is 4.17. The standard InChI is InChI=1S/C17H24N6O/c1-21(2)17-19-9-15(10-20-17)11-22-7-4-14(5-8-22)12-23-13-18-6-3-16(23)24/h3,6,9-10,13-14H,4-5,7-8,11-12H2,1-2H3. The van der Waals surface area contributed by atoms with Crippen molar-refractivity contribution < 1.29 is 0 Å². The first-order valence-corrected chi connectivity index (χ1v) is 8.33. The highest BCUT2D eigenvalue weighted by Gasteiger charge is 2.20. The molecule has 0 radical (unpaired) electrons. The average Bonchev–Trinajstić information content (AvgIpc) is 2.59. The van der Waals surface area contributed by atoms with E-state index in [1.807, 2.05) is 31.4 Å². The smallest absolute Gasteiger partial charge is 0.253 e. The van der Waals surface area contributed by atoms with Gasteiger partial charge in [0, 0.05) is 57.4 Å². The molecule has 0 unspecified atom stereocenters. The Hall–Kier alpha value is -2.28. The second-order valence-corrected chi connectivity index (χ2v) is 6.58. The molecule has 1 fully saturated rings. The number of hydrogen-bond acceptors (Lipinski definition) is 6. The molecule has 1 aliphatic heterocycles. The summed E-state index contributed by atoms with van der Waals surface area (Å²) in [6, 6.07) is 1.52. The van der Waals surface area contributed by atoms with Crippen molar-refractivity contribution >= 4 is 5.95 Å². The molecule has 2 aromatic rings. The van der Waals surface area contributed by atoms with Crippen molar-refractivity contribution in [1.82, 2.24) is 24.4 Å². The van der Waals surface area contributed by atoms with E-state index in [1.165, 1.54) is 6.07 Å². The molecule has 0 spiro atoms. The molecule has 7 heteroatoms. The van der Waals surface area contributed by atoms with E-state index < -0.39 is 0 Å². The van der Waals surface area contributed by atoms with E-state index in [-0.39, 0.29) is 5.56 Å². The lowest BCUT2D eigenvalue weighted by atomic mass is 9.96. The molecule has 7 nitrogen and oxygen atoms in total. The summed E-state index contributed by atoms with van der Waals surface area (Å²) in [4.78, 5) is 28.9. The van der Waals surface area contributed by atoms with E-state index in [2.05, 4.69) is 19.9 Å². The van der Waals surface area contributed by atoms with Crippen LogP contribution in [0.25, 0.3) is 0 Å². The van der Waals surface area contributed by atoms with E-state index >= 15 is 0 Å². The van der Waals surface area contributed by atoms with Gasteiger partial charge in [0.25, 0.3) is 5.56 Å². The van der Waals surface area contributed by atoms with Crippen molar-refractivity contribution in [3.05, 3.63) is 46.9 Å². The van der Waals surface area contributed by atoms with Crippen LogP contribution >= 0.6 is 0 Å². The number of nitrogens with zero attached hydrogens (tertiary/aromatic N) is 6. The predicted molar refractivity (Wildman–Crippen MR) is 92.9 cm³/mol. The fourth-order valence-electron chi connectivity index (χ4n) is 3.04. The molecule has 2 aromatic heterocycles. The predicted octanol–water partition coefficient (Wildman–Crippen LogP) is 1.01. The maximum atomic E-state index is 11.8. The highest BCUT2D eigenvalue weighted by Crippen LogP contribution is 2.20. The third-order valence-electron chi connectivity index (χ3n) is 4.45. The van der Waals surface area contributed by atoms with E-state index in [0.29, 0.717) is 5.92 Å². The maximum absolute atomic E-state index is 11.8. The van der Waals surface area contributed by atoms with Crippen LogP contribution in [0.4, 0.5) is 5.95 Å². The first-order valence-electron chi connectivity index (χ1n) is 8.33. The van der Waals surface area contributed by atoms with Crippen LogP contribution in [0.2, 0.25) is 0 Å². The van der Waals surface area contributed by atoms with Gasteiger partial charge >= 0.3 is 0 Å². The molecule has 3 rings (SSSR count). The molecule has 3 heterocycles. The highest BCUT2D eigenvalue weighted by molar-refractivity contribution is 5.26. The summed E-state index contributed by atoms with van der Waals surface area (Å²) in [7, 11) is 3.88. The van der Waals surface area contributed by atoms with Crippen LogP contribution in [0.15, 0.2) is 35.8 Å². The van der Waals surface area contributed by atoms with Crippen LogP contribution in [0.1, 0.15) is 18.4 Å². The van der Waals surface area contributed by atoms with Crippen LogP contribution in [0, 0.1) is 5.92 Å². The minimum atomic E-state index is 0.0329. The number of piperidine rings is 1. The molecule has 0 amide bonds. The normalized spacial score (nSPS) is 16.2. The van der Waals surface area contributed by atoms with Gasteiger partial charge in [-0.15, -0.1) is 0 Å². The van der Waals surface area contributed by atoms with E-state index in [9.17, 15) is 4.79 Å². The molecule has 0 aliphatic carbocycles. The Balaban J connectivity index is 1.50. The van der Waals surface area contributed by atoms with Gasteiger partial charge in [-0.3, -0.25) is 14.3 Å². The van der Waals surface area contributed by atoms with Crippen LogP contribution in [0.5, 0.6) is 0 Å². The van der Waals surface area contributed by atoms with Gasteiger partial charge in [-0.1, -0.05) is 0 Å². The number of anilines is 1. The molecular formula is C17H24N6O.